The lowest BCUT2D eigenvalue weighted by atomic mass is 10.1. The van der Waals surface area contributed by atoms with Crippen molar-refractivity contribution in [3.63, 3.8) is 0 Å². The van der Waals surface area contributed by atoms with Crippen molar-refractivity contribution in [2.45, 2.75) is 19.3 Å². The third-order valence-electron chi connectivity index (χ3n) is 3.88. The Bertz CT molecular complexity index is 774. The number of carbonyl (C=O) groups excluding carboxylic acids is 3. The molecular weight excluding hydrogens is 332 g/mol. The van der Waals surface area contributed by atoms with Crippen molar-refractivity contribution in [1.82, 2.24) is 0 Å². The van der Waals surface area contributed by atoms with Crippen molar-refractivity contribution in [2.75, 3.05) is 24.4 Å². The van der Waals surface area contributed by atoms with Crippen LogP contribution in [0.2, 0.25) is 0 Å². The summed E-state index contributed by atoms with van der Waals surface area (Å²) in [6.45, 7) is 0. The predicted molar refractivity (Wildman–Crippen MR) is 100 cm³/mol. The lowest BCUT2D eigenvalue weighted by molar-refractivity contribution is -0.118. The number of nitrogens with zero attached hydrogens (tertiary/aromatic N) is 1. The molecule has 0 aliphatic heterocycles. The van der Waals surface area contributed by atoms with Crippen LogP contribution in [0, 0.1) is 0 Å². The highest BCUT2D eigenvalue weighted by Gasteiger charge is 2.12. The van der Waals surface area contributed by atoms with Gasteiger partial charge in [0.25, 0.3) is 0 Å². The van der Waals surface area contributed by atoms with E-state index >= 15 is 0 Å². The third kappa shape index (κ3) is 5.44. The summed E-state index contributed by atoms with van der Waals surface area (Å²) in [7, 11) is 3.02. The first kappa shape index (κ1) is 19.2. The van der Waals surface area contributed by atoms with Crippen molar-refractivity contribution in [3.05, 3.63) is 60.2 Å². The van der Waals surface area contributed by atoms with E-state index in [-0.39, 0.29) is 24.7 Å². The molecular formula is C20H22N2O4. The van der Waals surface area contributed by atoms with Crippen molar-refractivity contribution < 1.29 is 19.1 Å². The van der Waals surface area contributed by atoms with Crippen LogP contribution in [-0.4, -0.2) is 31.9 Å². The molecule has 0 aliphatic rings. The molecule has 0 aliphatic carbocycles. The molecule has 0 fully saturated rings. The van der Waals surface area contributed by atoms with E-state index in [4.69, 9.17) is 0 Å². The molecule has 0 spiro atoms. The van der Waals surface area contributed by atoms with Crippen LogP contribution in [0.4, 0.5) is 11.4 Å². The summed E-state index contributed by atoms with van der Waals surface area (Å²) in [6.07, 6.45) is 0.941. The minimum atomic E-state index is -0.462. The van der Waals surface area contributed by atoms with Crippen LogP contribution < -0.4 is 10.2 Å². The Morgan fingerprint density at radius 3 is 2.42 bits per heavy atom. The van der Waals surface area contributed by atoms with Gasteiger partial charge in [-0.15, -0.1) is 0 Å². The molecule has 2 aromatic rings. The molecule has 6 heteroatoms. The van der Waals surface area contributed by atoms with E-state index in [2.05, 4.69) is 10.1 Å². The quantitative estimate of drug-likeness (QED) is 0.775. The van der Waals surface area contributed by atoms with Gasteiger partial charge in [0.15, 0.2) is 0 Å². The van der Waals surface area contributed by atoms with Gasteiger partial charge in [-0.2, -0.15) is 0 Å². The van der Waals surface area contributed by atoms with Crippen molar-refractivity contribution in [2.24, 2.45) is 0 Å². The number of rotatable bonds is 7. The maximum Gasteiger partial charge on any atom is 0.337 e. The Labute approximate surface area is 152 Å². The topological polar surface area (TPSA) is 75.7 Å². The number of methoxy groups -OCH3 is 1. The lowest BCUT2D eigenvalue weighted by Gasteiger charge is -2.17. The smallest absolute Gasteiger partial charge is 0.337 e. The molecule has 2 rings (SSSR count). The number of carbonyl (C=O) groups is 3. The molecule has 1 N–H and O–H groups in total. The largest absolute Gasteiger partial charge is 0.465 e. The Morgan fingerprint density at radius 1 is 1.00 bits per heavy atom. The van der Waals surface area contributed by atoms with Gasteiger partial charge in [-0.1, -0.05) is 24.3 Å². The molecule has 0 bridgehead atoms. The van der Waals surface area contributed by atoms with Crippen LogP contribution >= 0.6 is 0 Å². The highest BCUT2D eigenvalue weighted by molar-refractivity contribution is 5.95. The number of hydrogen-bond donors (Lipinski definition) is 1. The fraction of sp³-hybridized carbons (Fsp3) is 0.250. The van der Waals surface area contributed by atoms with Crippen molar-refractivity contribution in [1.29, 1.82) is 0 Å². The zero-order chi connectivity index (χ0) is 18.9. The van der Waals surface area contributed by atoms with Gasteiger partial charge in [-0.25, -0.2) is 4.79 Å². The normalized spacial score (nSPS) is 10.1. The Morgan fingerprint density at radius 2 is 1.73 bits per heavy atom. The van der Waals surface area contributed by atoms with Crippen LogP contribution in [0.1, 0.15) is 29.6 Å². The summed E-state index contributed by atoms with van der Waals surface area (Å²) >= 11 is 0. The van der Waals surface area contributed by atoms with E-state index < -0.39 is 5.97 Å². The first-order valence-electron chi connectivity index (χ1n) is 8.31. The van der Waals surface area contributed by atoms with E-state index in [0.717, 1.165) is 5.69 Å². The highest BCUT2D eigenvalue weighted by atomic mass is 16.5. The van der Waals surface area contributed by atoms with Crippen LogP contribution in [0.15, 0.2) is 54.6 Å². The number of nitrogens with one attached hydrogen (secondary N) is 1. The van der Waals surface area contributed by atoms with Gasteiger partial charge in [-0.3, -0.25) is 9.59 Å². The molecule has 2 amide bonds. The Hall–Kier alpha value is -3.15. The summed E-state index contributed by atoms with van der Waals surface area (Å²) in [5.74, 6) is -0.713. The van der Waals surface area contributed by atoms with E-state index in [1.807, 2.05) is 30.3 Å². The molecule has 2 aromatic carbocycles. The summed E-state index contributed by atoms with van der Waals surface area (Å²) in [5, 5.41) is 2.72. The Kier molecular flexibility index (Phi) is 6.91. The molecule has 0 saturated heterocycles. The van der Waals surface area contributed by atoms with E-state index in [1.165, 1.54) is 7.11 Å². The Balaban J connectivity index is 1.80. The molecule has 6 nitrogen and oxygen atoms in total. The van der Waals surface area contributed by atoms with Gasteiger partial charge in [0.1, 0.15) is 0 Å². The summed E-state index contributed by atoms with van der Waals surface area (Å²) in [4.78, 5) is 37.3. The summed E-state index contributed by atoms with van der Waals surface area (Å²) < 4.78 is 4.65. The minimum Gasteiger partial charge on any atom is -0.465 e. The summed E-state index contributed by atoms with van der Waals surface area (Å²) in [6, 6.07) is 15.9. The molecule has 0 saturated carbocycles. The number of anilines is 2. The van der Waals surface area contributed by atoms with Crippen LogP contribution in [-0.2, 0) is 14.3 Å². The monoisotopic (exact) mass is 354 g/mol. The molecule has 0 radical (unpaired) electrons. The van der Waals surface area contributed by atoms with Crippen molar-refractivity contribution >= 4 is 29.2 Å². The molecule has 0 unspecified atom stereocenters. The SMILES string of the molecule is COC(=O)c1cccc(NC(=O)CCCC(=O)N(C)c2ccccc2)c1. The number of hydrogen-bond acceptors (Lipinski definition) is 4. The van der Waals surface area contributed by atoms with Gasteiger partial charge >= 0.3 is 5.97 Å². The van der Waals surface area contributed by atoms with E-state index in [0.29, 0.717) is 17.7 Å². The maximum absolute atomic E-state index is 12.2. The van der Waals surface area contributed by atoms with Crippen LogP contribution in [0.5, 0.6) is 0 Å². The van der Waals surface area contributed by atoms with Crippen LogP contribution in [0.3, 0.4) is 0 Å². The number of benzene rings is 2. The van der Waals surface area contributed by atoms with Gasteiger partial charge in [0.05, 0.1) is 12.7 Å². The van der Waals surface area contributed by atoms with E-state index in [9.17, 15) is 14.4 Å². The lowest BCUT2D eigenvalue weighted by Crippen LogP contribution is -2.26. The first-order valence-corrected chi connectivity index (χ1v) is 8.31. The second-order valence-corrected chi connectivity index (χ2v) is 5.76. The van der Waals surface area contributed by atoms with Gasteiger partial charge in [-0.05, 0) is 36.8 Å². The number of amides is 2. The van der Waals surface area contributed by atoms with Gasteiger partial charge in [0.2, 0.25) is 11.8 Å². The number of ether oxygens (including phenoxy) is 1. The first-order chi connectivity index (χ1) is 12.5. The standard InChI is InChI=1S/C20H22N2O4/c1-22(17-10-4-3-5-11-17)19(24)13-7-12-18(23)21-16-9-6-8-15(14-16)20(25)26-2/h3-6,8-11,14H,7,12-13H2,1-2H3,(H,21,23). The molecule has 0 aromatic heterocycles. The number of para-hydroxylation sites is 1. The fourth-order valence-electron chi connectivity index (χ4n) is 2.43. The summed E-state index contributed by atoms with van der Waals surface area (Å²) in [5.41, 5.74) is 1.71. The number of esters is 1. The highest BCUT2D eigenvalue weighted by Crippen LogP contribution is 2.15. The van der Waals surface area contributed by atoms with E-state index in [1.54, 1.807) is 36.2 Å². The third-order valence-corrected chi connectivity index (χ3v) is 3.88. The van der Waals surface area contributed by atoms with Crippen molar-refractivity contribution in [3.8, 4) is 0 Å². The molecule has 26 heavy (non-hydrogen) atoms. The van der Waals surface area contributed by atoms with Crippen LogP contribution in [0.25, 0.3) is 0 Å². The second-order valence-electron chi connectivity index (χ2n) is 5.76. The average molecular weight is 354 g/mol. The van der Waals surface area contributed by atoms with Gasteiger partial charge in [0, 0.05) is 31.3 Å². The predicted octanol–water partition coefficient (Wildman–Crippen LogP) is 3.25. The fourth-order valence-corrected chi connectivity index (χ4v) is 2.43. The average Bonchev–Trinajstić information content (AvgIpc) is 2.67. The zero-order valence-electron chi connectivity index (χ0n) is 14.9. The van der Waals surface area contributed by atoms with Gasteiger partial charge < -0.3 is 15.0 Å². The molecule has 0 heterocycles. The minimum absolute atomic E-state index is 0.0447. The molecule has 0 atom stereocenters. The zero-order valence-corrected chi connectivity index (χ0v) is 14.9. The molecule has 136 valence electrons. The maximum atomic E-state index is 12.2. The second kappa shape index (κ2) is 9.36.